The highest BCUT2D eigenvalue weighted by Crippen LogP contribution is 2.33. The largest absolute Gasteiger partial charge is 0.492 e. The van der Waals surface area contributed by atoms with E-state index in [0.717, 1.165) is 25.3 Å². The molecule has 5 rings (SSSR count). The summed E-state index contributed by atoms with van der Waals surface area (Å²) in [6.07, 6.45) is 7.62. The zero-order valence-corrected chi connectivity index (χ0v) is 32.8. The van der Waals surface area contributed by atoms with Gasteiger partial charge in [-0.15, -0.1) is 0 Å². The van der Waals surface area contributed by atoms with E-state index < -0.39 is 26.0 Å². The summed E-state index contributed by atoms with van der Waals surface area (Å²) in [5, 5.41) is 0. The van der Waals surface area contributed by atoms with E-state index in [1.807, 2.05) is 49.9 Å². The van der Waals surface area contributed by atoms with E-state index in [9.17, 15) is 21.2 Å². The van der Waals surface area contributed by atoms with Crippen molar-refractivity contribution in [3.8, 4) is 5.75 Å². The number of rotatable bonds is 9. The monoisotopic (exact) mass is 750 g/mol. The second-order valence-corrected chi connectivity index (χ2v) is 18.8. The van der Waals surface area contributed by atoms with Crippen LogP contribution in [0.4, 0.5) is 15.8 Å². The van der Waals surface area contributed by atoms with Gasteiger partial charge in [-0.25, -0.2) is 12.8 Å². The van der Waals surface area contributed by atoms with E-state index in [4.69, 9.17) is 4.74 Å². The van der Waals surface area contributed by atoms with Crippen LogP contribution in [0.3, 0.4) is 0 Å². The minimum absolute atomic E-state index is 0.156. The third kappa shape index (κ3) is 9.74. The molecule has 0 radical (unpaired) electrons. The number of hydrogen-bond donors (Lipinski definition) is 0. The Morgan fingerprint density at radius 1 is 0.784 bits per heavy atom. The van der Waals surface area contributed by atoms with Gasteiger partial charge in [0.1, 0.15) is 0 Å². The summed E-state index contributed by atoms with van der Waals surface area (Å²) in [4.78, 5) is 6.60. The fourth-order valence-corrected chi connectivity index (χ4v) is 11.5. The predicted octanol–water partition coefficient (Wildman–Crippen LogP) is 4.96. The van der Waals surface area contributed by atoms with Crippen molar-refractivity contribution in [2.45, 2.75) is 69.7 Å². The summed E-state index contributed by atoms with van der Waals surface area (Å²) in [6.45, 7) is 8.50. The Morgan fingerprint density at radius 3 is 2.06 bits per heavy atom. The molecule has 286 valence electrons. The molecule has 0 spiro atoms. The molecule has 51 heavy (non-hydrogen) atoms. The first kappa shape index (κ1) is 39.7. The zero-order valence-electron chi connectivity index (χ0n) is 31.2. The molecule has 1 saturated carbocycles. The Kier molecular flexibility index (Phi) is 13.7. The average Bonchev–Trinajstić information content (AvgIpc) is 3.10. The maximum Gasteiger partial charge on any atom is 0.282 e. The second kappa shape index (κ2) is 17.6. The van der Waals surface area contributed by atoms with Crippen molar-refractivity contribution in [3.05, 3.63) is 48.3 Å². The van der Waals surface area contributed by atoms with Gasteiger partial charge < -0.3 is 19.4 Å². The van der Waals surface area contributed by atoms with Crippen LogP contribution in [-0.2, 0) is 20.2 Å². The fourth-order valence-electron chi connectivity index (χ4n) is 8.00. The highest BCUT2D eigenvalue weighted by molar-refractivity contribution is 7.89. The van der Waals surface area contributed by atoms with Crippen LogP contribution in [0.2, 0.25) is 0 Å². The fraction of sp³-hybridized carbons (Fsp3) is 0.676. The number of nitrogens with zero attached hydrogens (tertiary/aromatic N) is 6. The summed E-state index contributed by atoms with van der Waals surface area (Å²) in [5.74, 6) is 0.0750. The molecule has 1 aliphatic carbocycles. The van der Waals surface area contributed by atoms with Crippen molar-refractivity contribution in [2.24, 2.45) is 11.8 Å². The van der Waals surface area contributed by atoms with Crippen LogP contribution >= 0.6 is 0 Å². The van der Waals surface area contributed by atoms with Gasteiger partial charge in [0.2, 0.25) is 10.0 Å². The van der Waals surface area contributed by atoms with Crippen LogP contribution in [0.25, 0.3) is 0 Å². The Balaban J connectivity index is 1.37. The van der Waals surface area contributed by atoms with Crippen molar-refractivity contribution >= 4 is 31.6 Å². The molecule has 0 aromatic heterocycles. The molecule has 2 aromatic carbocycles. The molecule has 2 aromatic rings. The third-order valence-corrected chi connectivity index (χ3v) is 14.7. The molecule has 0 N–H and O–H groups in total. The Labute approximate surface area is 306 Å². The van der Waals surface area contributed by atoms with E-state index in [2.05, 4.69) is 4.90 Å². The minimum Gasteiger partial charge on any atom is -0.492 e. The maximum absolute atomic E-state index is 14.5. The standard InChI is InChI=1S/C37H59FN6O5S2/c1-30-26-42(50(45,46)34-18-16-33(17-19-34)39(3)4)22-10-20-40(29-32-12-7-6-8-13-32)21-11-23-43(27-30)51(47,48)44-25-24-41(28-31(44)2)36-15-9-14-35(38)37(36)49-5/h9,14-19,30-32H,6-8,10-13,20-29H2,1-5H3/t30-,31-/m0/s1. The smallest absolute Gasteiger partial charge is 0.282 e. The summed E-state index contributed by atoms with van der Waals surface area (Å²) >= 11 is 0. The van der Waals surface area contributed by atoms with E-state index in [1.165, 1.54) is 45.3 Å². The van der Waals surface area contributed by atoms with Crippen LogP contribution < -0.4 is 14.5 Å². The van der Waals surface area contributed by atoms with Gasteiger partial charge in [-0.2, -0.15) is 21.3 Å². The van der Waals surface area contributed by atoms with Gasteiger partial charge in [-0.1, -0.05) is 32.3 Å². The number of anilines is 2. The van der Waals surface area contributed by atoms with Gasteiger partial charge >= 0.3 is 0 Å². The quantitative estimate of drug-likeness (QED) is 0.355. The molecule has 3 aliphatic rings. The molecule has 11 nitrogen and oxygen atoms in total. The highest BCUT2D eigenvalue weighted by atomic mass is 32.2. The first-order chi connectivity index (χ1) is 24.3. The Morgan fingerprint density at radius 2 is 1.43 bits per heavy atom. The van der Waals surface area contributed by atoms with E-state index in [-0.39, 0.29) is 42.2 Å². The number of hydrogen-bond acceptors (Lipinski definition) is 8. The number of ether oxygens (including phenoxy) is 1. The second-order valence-electron chi connectivity index (χ2n) is 14.9. The topological polar surface area (TPSA) is 97.0 Å². The number of para-hydroxylation sites is 1. The van der Waals surface area contributed by atoms with Crippen LogP contribution in [0, 0.1) is 17.7 Å². The summed E-state index contributed by atoms with van der Waals surface area (Å²) in [5.41, 5.74) is 1.53. The molecule has 2 saturated heterocycles. The molecule has 2 atom stereocenters. The van der Waals surface area contributed by atoms with Crippen LogP contribution in [0.5, 0.6) is 5.75 Å². The number of halogens is 1. The van der Waals surface area contributed by atoms with E-state index in [1.54, 1.807) is 37.2 Å². The number of piperazine rings is 1. The van der Waals surface area contributed by atoms with Gasteiger partial charge in [0, 0.05) is 78.2 Å². The van der Waals surface area contributed by atoms with Gasteiger partial charge in [0.15, 0.2) is 11.6 Å². The molecule has 0 amide bonds. The SMILES string of the molecule is COc1c(F)cccc1N1CCN(S(=O)(=O)N2CCCN(CC3CCCCC3)CCCN(S(=O)(=O)c3ccc(N(C)C)cc3)C[C@H](C)C2)[C@@H](C)C1. The summed E-state index contributed by atoms with van der Waals surface area (Å²) < 4.78 is 81.9. The van der Waals surface area contributed by atoms with Gasteiger partial charge in [0.05, 0.1) is 17.7 Å². The predicted molar refractivity (Wildman–Crippen MR) is 203 cm³/mol. The van der Waals surface area contributed by atoms with Crippen LogP contribution in [0.1, 0.15) is 58.8 Å². The maximum atomic E-state index is 14.5. The van der Waals surface area contributed by atoms with Crippen molar-refractivity contribution in [1.82, 2.24) is 17.8 Å². The van der Waals surface area contributed by atoms with Gasteiger partial charge in [0.25, 0.3) is 10.2 Å². The lowest BCUT2D eigenvalue weighted by molar-refractivity contribution is 0.178. The summed E-state index contributed by atoms with van der Waals surface area (Å²) in [7, 11) is -2.45. The van der Waals surface area contributed by atoms with Crippen LogP contribution in [-0.4, -0.2) is 127 Å². The lowest BCUT2D eigenvalue weighted by Crippen LogP contribution is -2.58. The number of methoxy groups -OCH3 is 1. The number of sulfonamides is 1. The lowest BCUT2D eigenvalue weighted by Gasteiger charge is -2.42. The molecule has 14 heteroatoms. The highest BCUT2D eigenvalue weighted by Gasteiger charge is 2.38. The van der Waals surface area contributed by atoms with E-state index in [0.29, 0.717) is 50.6 Å². The number of benzene rings is 2. The minimum atomic E-state index is -3.90. The Hall–Kier alpha value is -2.49. The molecule has 3 fully saturated rings. The van der Waals surface area contributed by atoms with Gasteiger partial charge in [-0.3, -0.25) is 0 Å². The van der Waals surface area contributed by atoms with Gasteiger partial charge in [-0.05, 0) is 93.9 Å². The van der Waals surface area contributed by atoms with Crippen molar-refractivity contribution in [3.63, 3.8) is 0 Å². The molecular formula is C37H59FN6O5S2. The normalized spacial score (nSPS) is 23.8. The lowest BCUT2D eigenvalue weighted by atomic mass is 9.89. The molecular weight excluding hydrogens is 692 g/mol. The molecule has 0 unspecified atom stereocenters. The van der Waals surface area contributed by atoms with Crippen molar-refractivity contribution in [2.75, 3.05) is 96.5 Å². The summed E-state index contributed by atoms with van der Waals surface area (Å²) in [6, 6.07) is 11.4. The third-order valence-electron chi connectivity index (χ3n) is 10.7. The first-order valence-electron chi connectivity index (χ1n) is 18.7. The molecule has 0 bridgehead atoms. The Bertz CT molecular complexity index is 1640. The first-order valence-corrected chi connectivity index (χ1v) is 21.5. The zero-order chi connectivity index (χ0) is 36.8. The van der Waals surface area contributed by atoms with Crippen molar-refractivity contribution in [1.29, 1.82) is 0 Å². The molecule has 2 heterocycles. The van der Waals surface area contributed by atoms with E-state index >= 15 is 0 Å². The average molecular weight is 751 g/mol. The van der Waals surface area contributed by atoms with Crippen molar-refractivity contribution < 1.29 is 26.0 Å². The van der Waals surface area contributed by atoms with Crippen LogP contribution in [0.15, 0.2) is 47.4 Å². The molecule has 2 aliphatic heterocycles.